The lowest BCUT2D eigenvalue weighted by atomic mass is 10.3. The molecular weight excluding hydrogens is 122 g/mol. The van der Waals surface area contributed by atoms with Gasteiger partial charge in [0.05, 0.1) is 0 Å². The Hall–Kier alpha value is -0.720. The minimum atomic E-state index is 0.345. The topological polar surface area (TPSA) is 12.0 Å². The molecule has 0 fully saturated rings. The summed E-state index contributed by atoms with van der Waals surface area (Å²) in [7, 11) is 0. The molecule has 0 bridgehead atoms. The first-order chi connectivity index (χ1) is 4.72. The first-order valence-corrected chi connectivity index (χ1v) is 3.72. The fourth-order valence-electron chi connectivity index (χ4n) is 0.254. The van der Waals surface area contributed by atoms with Gasteiger partial charge >= 0.3 is 0 Å². The molecule has 0 aromatic heterocycles. The van der Waals surface area contributed by atoms with E-state index in [-0.39, 0.29) is 0 Å². The molecule has 0 aromatic rings. The normalized spacial score (nSPS) is 10.3. The fraction of sp³-hybridized carbons (Fsp3) is 0.556. The van der Waals surface area contributed by atoms with E-state index in [4.69, 9.17) is 0 Å². The van der Waals surface area contributed by atoms with E-state index >= 15 is 0 Å². The van der Waals surface area contributed by atoms with Crippen LogP contribution < -0.4 is 5.32 Å². The van der Waals surface area contributed by atoms with Crippen molar-refractivity contribution in [2.24, 2.45) is 0 Å². The summed E-state index contributed by atoms with van der Waals surface area (Å²) in [5.74, 6) is 0. The van der Waals surface area contributed by atoms with Crippen LogP contribution in [0, 0.1) is 0 Å². The van der Waals surface area contributed by atoms with E-state index in [1.807, 2.05) is 13.0 Å². The van der Waals surface area contributed by atoms with Gasteiger partial charge in [-0.1, -0.05) is 32.9 Å². The van der Waals surface area contributed by atoms with Crippen molar-refractivity contribution >= 4 is 0 Å². The highest BCUT2D eigenvalue weighted by Crippen LogP contribution is 1.77. The average Bonchev–Trinajstić information content (AvgIpc) is 1.90. The molecule has 0 saturated heterocycles. The van der Waals surface area contributed by atoms with Crippen molar-refractivity contribution < 1.29 is 0 Å². The van der Waals surface area contributed by atoms with E-state index in [9.17, 15) is 0 Å². The van der Waals surface area contributed by atoms with E-state index in [1.54, 1.807) is 6.20 Å². The predicted octanol–water partition coefficient (Wildman–Crippen LogP) is 2.71. The molecule has 1 heteroatoms. The number of hydrogen-bond acceptors (Lipinski definition) is 1. The van der Waals surface area contributed by atoms with Gasteiger partial charge in [-0.25, -0.2) is 0 Å². The second-order valence-corrected chi connectivity index (χ2v) is 2.10. The zero-order valence-corrected chi connectivity index (χ0v) is 7.35. The van der Waals surface area contributed by atoms with Gasteiger partial charge in [-0.2, -0.15) is 0 Å². The van der Waals surface area contributed by atoms with Gasteiger partial charge in [0.15, 0.2) is 0 Å². The standard InChI is InChI=1S/C6H11N.C3H8/c1-4-6(3)7-5-2;1-3-2/h4-7H,1-2H2,3H3;3H2,1-2H3/t6-;/m0./s1. The third kappa shape index (κ3) is 15.7. The van der Waals surface area contributed by atoms with Crippen molar-refractivity contribution in [3.8, 4) is 0 Å². The van der Waals surface area contributed by atoms with E-state index in [0.29, 0.717) is 6.04 Å². The van der Waals surface area contributed by atoms with Gasteiger partial charge in [-0.05, 0) is 13.1 Å². The monoisotopic (exact) mass is 141 g/mol. The molecule has 0 aliphatic carbocycles. The van der Waals surface area contributed by atoms with Crippen molar-refractivity contribution in [2.75, 3.05) is 0 Å². The van der Waals surface area contributed by atoms with Gasteiger partial charge in [-0.3, -0.25) is 0 Å². The van der Waals surface area contributed by atoms with Gasteiger partial charge < -0.3 is 5.32 Å². The van der Waals surface area contributed by atoms with Crippen molar-refractivity contribution in [1.29, 1.82) is 0 Å². The van der Waals surface area contributed by atoms with Crippen molar-refractivity contribution in [3.63, 3.8) is 0 Å². The fourth-order valence-corrected chi connectivity index (χ4v) is 0.254. The Bertz CT molecular complexity index is 76.8. The van der Waals surface area contributed by atoms with Crippen LogP contribution in [0.15, 0.2) is 25.4 Å². The van der Waals surface area contributed by atoms with Crippen LogP contribution in [-0.2, 0) is 0 Å². The quantitative estimate of drug-likeness (QED) is 0.596. The second kappa shape index (κ2) is 11.1. The molecule has 60 valence electrons. The summed E-state index contributed by atoms with van der Waals surface area (Å²) in [5, 5.41) is 2.94. The van der Waals surface area contributed by atoms with Crippen LogP contribution in [0.1, 0.15) is 27.2 Å². The zero-order valence-electron chi connectivity index (χ0n) is 7.35. The molecule has 0 aliphatic rings. The van der Waals surface area contributed by atoms with E-state index in [1.165, 1.54) is 6.42 Å². The highest BCUT2D eigenvalue weighted by atomic mass is 14.9. The molecule has 0 amide bonds. The smallest absolute Gasteiger partial charge is 0.0407 e. The lowest BCUT2D eigenvalue weighted by molar-refractivity contribution is 0.773. The van der Waals surface area contributed by atoms with Crippen LogP contribution in [0.5, 0.6) is 0 Å². The molecular formula is C9H19N. The van der Waals surface area contributed by atoms with Gasteiger partial charge in [0, 0.05) is 6.04 Å². The Balaban J connectivity index is 0. The number of hydrogen-bond donors (Lipinski definition) is 1. The minimum Gasteiger partial charge on any atom is -0.385 e. The molecule has 0 aliphatic heterocycles. The van der Waals surface area contributed by atoms with E-state index in [2.05, 4.69) is 32.3 Å². The summed E-state index contributed by atoms with van der Waals surface area (Å²) >= 11 is 0. The molecule has 1 N–H and O–H groups in total. The maximum absolute atomic E-state index is 3.57. The van der Waals surface area contributed by atoms with Crippen LogP contribution in [-0.4, -0.2) is 6.04 Å². The zero-order chi connectivity index (χ0) is 8.41. The van der Waals surface area contributed by atoms with E-state index < -0.39 is 0 Å². The number of rotatable bonds is 3. The van der Waals surface area contributed by atoms with Crippen molar-refractivity contribution in [2.45, 2.75) is 33.2 Å². The highest BCUT2D eigenvalue weighted by Gasteiger charge is 1.83. The highest BCUT2D eigenvalue weighted by molar-refractivity contribution is 4.84. The van der Waals surface area contributed by atoms with Crippen LogP contribution in [0.4, 0.5) is 0 Å². The largest absolute Gasteiger partial charge is 0.385 e. The minimum absolute atomic E-state index is 0.345. The summed E-state index contributed by atoms with van der Waals surface area (Å²) < 4.78 is 0. The van der Waals surface area contributed by atoms with Crippen molar-refractivity contribution in [1.82, 2.24) is 5.32 Å². The Morgan fingerprint density at radius 2 is 1.80 bits per heavy atom. The van der Waals surface area contributed by atoms with Crippen LogP contribution in [0.2, 0.25) is 0 Å². The maximum Gasteiger partial charge on any atom is 0.0407 e. The van der Waals surface area contributed by atoms with Crippen molar-refractivity contribution in [3.05, 3.63) is 25.4 Å². The molecule has 0 unspecified atom stereocenters. The third-order valence-electron chi connectivity index (χ3n) is 0.734. The second-order valence-electron chi connectivity index (χ2n) is 2.10. The van der Waals surface area contributed by atoms with Crippen LogP contribution in [0.3, 0.4) is 0 Å². The average molecular weight is 141 g/mol. The third-order valence-corrected chi connectivity index (χ3v) is 0.734. The molecule has 0 rings (SSSR count). The molecule has 0 saturated carbocycles. The predicted molar refractivity (Wildman–Crippen MR) is 49.0 cm³/mol. The number of nitrogens with one attached hydrogen (secondary N) is 1. The lowest BCUT2D eigenvalue weighted by Gasteiger charge is -2.01. The summed E-state index contributed by atoms with van der Waals surface area (Å²) in [5.41, 5.74) is 0. The first-order valence-electron chi connectivity index (χ1n) is 3.72. The van der Waals surface area contributed by atoms with Crippen LogP contribution >= 0.6 is 0 Å². The summed E-state index contributed by atoms with van der Waals surface area (Å²) in [6, 6.07) is 0.345. The molecule has 0 radical (unpaired) electrons. The summed E-state index contributed by atoms with van der Waals surface area (Å²) in [6.07, 6.45) is 4.73. The molecule has 1 nitrogen and oxygen atoms in total. The maximum atomic E-state index is 3.57. The Morgan fingerprint density at radius 1 is 1.40 bits per heavy atom. The Kier molecular flexibility index (Phi) is 13.4. The van der Waals surface area contributed by atoms with E-state index in [0.717, 1.165) is 0 Å². The van der Waals surface area contributed by atoms with Gasteiger partial charge in [0.1, 0.15) is 0 Å². The molecule has 0 heterocycles. The SMILES string of the molecule is C=CN[C@@H](C)C=C.CCC. The van der Waals surface area contributed by atoms with Gasteiger partial charge in [-0.15, -0.1) is 6.58 Å². The lowest BCUT2D eigenvalue weighted by Crippen LogP contribution is -2.15. The summed E-state index contributed by atoms with van der Waals surface area (Å²) in [4.78, 5) is 0. The molecule has 0 spiro atoms. The molecule has 10 heavy (non-hydrogen) atoms. The van der Waals surface area contributed by atoms with Gasteiger partial charge in [0.2, 0.25) is 0 Å². The summed E-state index contributed by atoms with van der Waals surface area (Å²) in [6.45, 7) is 13.3. The Morgan fingerprint density at radius 3 is 1.90 bits per heavy atom. The van der Waals surface area contributed by atoms with Gasteiger partial charge in [0.25, 0.3) is 0 Å². The van der Waals surface area contributed by atoms with Crippen LogP contribution in [0.25, 0.3) is 0 Å². The molecule has 0 aromatic carbocycles. The first kappa shape index (κ1) is 12.0. The Labute approximate surface area is 64.8 Å². The molecule has 1 atom stereocenters.